The van der Waals surface area contributed by atoms with Gasteiger partial charge in [0.1, 0.15) is 7.05 Å². The minimum absolute atomic E-state index is 0.730. The lowest BCUT2D eigenvalue weighted by molar-refractivity contribution is -0.634. The first-order valence-electron chi connectivity index (χ1n) is 9.36. The van der Waals surface area contributed by atoms with E-state index >= 15 is 0 Å². The Kier molecular flexibility index (Phi) is 4.53. The number of nitrogens with zero attached hydrogens (tertiary/aromatic N) is 1. The zero-order valence-corrected chi connectivity index (χ0v) is 17.3. The second-order valence-electron chi connectivity index (χ2n) is 7.10. The fraction of sp³-hybridized carbons (Fsp3) is 0.348. The minimum Gasteiger partial charge on any atom is -0.493 e. The first-order valence-corrected chi connectivity index (χ1v) is 9.36. The highest BCUT2D eigenvalue weighted by atomic mass is 16.5. The zero-order valence-electron chi connectivity index (χ0n) is 17.3. The molecular formula is C23H26NO4+. The van der Waals surface area contributed by atoms with Crippen LogP contribution in [0.1, 0.15) is 16.7 Å². The topological polar surface area (TPSA) is 40.8 Å². The van der Waals surface area contributed by atoms with Crippen molar-refractivity contribution in [1.29, 1.82) is 0 Å². The van der Waals surface area contributed by atoms with Gasteiger partial charge in [-0.1, -0.05) is 0 Å². The largest absolute Gasteiger partial charge is 0.493 e. The number of aryl methyl sites for hydroxylation is 3. The summed E-state index contributed by atoms with van der Waals surface area (Å²) in [5.41, 5.74) is 7.45. The molecule has 0 spiro atoms. The van der Waals surface area contributed by atoms with Gasteiger partial charge in [0.15, 0.2) is 23.0 Å². The summed E-state index contributed by atoms with van der Waals surface area (Å²) in [7, 11) is 8.81. The van der Waals surface area contributed by atoms with Gasteiger partial charge in [0.05, 0.1) is 45.5 Å². The second-order valence-corrected chi connectivity index (χ2v) is 7.10. The van der Waals surface area contributed by atoms with Crippen LogP contribution >= 0.6 is 0 Å². The van der Waals surface area contributed by atoms with Crippen LogP contribution in [0.25, 0.3) is 22.2 Å². The van der Waals surface area contributed by atoms with Gasteiger partial charge in [0.25, 0.3) is 0 Å². The SMILES string of the molecule is COc1cc2c(cc1OC)-c1c(c(C)c3cc(OC)c(OC)cc3[n+]1C)CC2. The number of ether oxygens (including phenoxy) is 4. The maximum absolute atomic E-state index is 5.57. The predicted octanol–water partition coefficient (Wildman–Crippen LogP) is 3.77. The van der Waals surface area contributed by atoms with Crippen LogP contribution in [0.2, 0.25) is 0 Å². The normalized spacial score (nSPS) is 12.4. The zero-order chi connectivity index (χ0) is 20.0. The van der Waals surface area contributed by atoms with E-state index in [1.165, 1.54) is 33.3 Å². The maximum Gasteiger partial charge on any atom is 0.217 e. The number of aromatic nitrogens is 1. The molecule has 1 aliphatic rings. The van der Waals surface area contributed by atoms with Crippen LogP contribution in [-0.4, -0.2) is 28.4 Å². The molecule has 0 saturated heterocycles. The Balaban J connectivity index is 2.07. The third-order valence-electron chi connectivity index (χ3n) is 5.85. The van der Waals surface area contributed by atoms with E-state index in [1.807, 2.05) is 0 Å². The van der Waals surface area contributed by atoms with Gasteiger partial charge in [-0.05, 0) is 49.1 Å². The van der Waals surface area contributed by atoms with Crippen LogP contribution in [0.3, 0.4) is 0 Å². The quantitative estimate of drug-likeness (QED) is 0.646. The van der Waals surface area contributed by atoms with Crippen LogP contribution < -0.4 is 23.5 Å². The van der Waals surface area contributed by atoms with E-state index in [2.05, 4.69) is 42.8 Å². The van der Waals surface area contributed by atoms with Gasteiger partial charge in [-0.15, -0.1) is 0 Å². The Morgan fingerprint density at radius 1 is 0.750 bits per heavy atom. The highest BCUT2D eigenvalue weighted by Crippen LogP contribution is 2.42. The molecule has 0 fully saturated rings. The highest BCUT2D eigenvalue weighted by molar-refractivity contribution is 5.87. The molecule has 4 rings (SSSR count). The summed E-state index contributed by atoms with van der Waals surface area (Å²) >= 11 is 0. The van der Waals surface area contributed by atoms with Crippen molar-refractivity contribution in [2.24, 2.45) is 7.05 Å². The van der Waals surface area contributed by atoms with Crippen molar-refractivity contribution >= 4 is 10.9 Å². The molecule has 1 aliphatic carbocycles. The second kappa shape index (κ2) is 6.89. The molecule has 0 unspecified atom stereocenters. The predicted molar refractivity (Wildman–Crippen MR) is 109 cm³/mol. The van der Waals surface area contributed by atoms with Crippen LogP contribution in [0.4, 0.5) is 0 Å². The van der Waals surface area contributed by atoms with E-state index in [0.717, 1.165) is 41.4 Å². The number of pyridine rings is 1. The maximum atomic E-state index is 5.57. The summed E-state index contributed by atoms with van der Waals surface area (Å²) in [6, 6.07) is 8.33. The molecule has 5 heteroatoms. The van der Waals surface area contributed by atoms with E-state index in [-0.39, 0.29) is 0 Å². The summed E-state index contributed by atoms with van der Waals surface area (Å²) < 4.78 is 24.4. The Bertz CT molecular complexity index is 1090. The molecule has 1 aromatic heterocycles. The summed E-state index contributed by atoms with van der Waals surface area (Å²) in [6.45, 7) is 2.19. The molecule has 0 saturated carbocycles. The lowest BCUT2D eigenvalue weighted by atomic mass is 9.85. The van der Waals surface area contributed by atoms with Crippen molar-refractivity contribution in [2.75, 3.05) is 28.4 Å². The average molecular weight is 380 g/mol. The number of hydrogen-bond donors (Lipinski definition) is 0. The van der Waals surface area contributed by atoms with Gasteiger partial charge in [-0.3, -0.25) is 0 Å². The van der Waals surface area contributed by atoms with Gasteiger partial charge in [-0.25, -0.2) is 0 Å². The summed E-state index contributed by atoms with van der Waals surface area (Å²) in [5.74, 6) is 3.00. The van der Waals surface area contributed by atoms with E-state index in [4.69, 9.17) is 18.9 Å². The van der Waals surface area contributed by atoms with E-state index in [1.54, 1.807) is 28.4 Å². The first-order chi connectivity index (χ1) is 13.5. The van der Waals surface area contributed by atoms with Crippen LogP contribution in [0.5, 0.6) is 23.0 Å². The van der Waals surface area contributed by atoms with Gasteiger partial charge in [-0.2, -0.15) is 4.57 Å². The van der Waals surface area contributed by atoms with Crippen molar-refractivity contribution in [3.05, 3.63) is 41.0 Å². The molecule has 146 valence electrons. The summed E-state index contributed by atoms with van der Waals surface area (Å²) in [5, 5.41) is 1.18. The van der Waals surface area contributed by atoms with Crippen molar-refractivity contribution in [3.63, 3.8) is 0 Å². The van der Waals surface area contributed by atoms with Crippen molar-refractivity contribution in [2.45, 2.75) is 19.8 Å². The van der Waals surface area contributed by atoms with Crippen LogP contribution in [0.15, 0.2) is 24.3 Å². The molecule has 28 heavy (non-hydrogen) atoms. The summed E-state index contributed by atoms with van der Waals surface area (Å²) in [6.07, 6.45) is 1.96. The van der Waals surface area contributed by atoms with E-state index in [9.17, 15) is 0 Å². The monoisotopic (exact) mass is 380 g/mol. The average Bonchev–Trinajstić information content (AvgIpc) is 2.74. The Morgan fingerprint density at radius 3 is 1.96 bits per heavy atom. The molecule has 0 amide bonds. The Morgan fingerprint density at radius 2 is 1.32 bits per heavy atom. The molecular weight excluding hydrogens is 354 g/mol. The number of hydrogen-bond acceptors (Lipinski definition) is 4. The third kappa shape index (κ3) is 2.57. The minimum atomic E-state index is 0.730. The van der Waals surface area contributed by atoms with E-state index in [0.29, 0.717) is 0 Å². The molecule has 0 N–H and O–H groups in total. The molecule has 0 radical (unpaired) electrons. The Hall–Kier alpha value is -2.95. The van der Waals surface area contributed by atoms with Crippen LogP contribution in [0, 0.1) is 6.92 Å². The molecule has 3 aromatic rings. The molecule has 0 aliphatic heterocycles. The van der Waals surface area contributed by atoms with Gasteiger partial charge >= 0.3 is 0 Å². The van der Waals surface area contributed by atoms with Gasteiger partial charge < -0.3 is 18.9 Å². The number of methoxy groups -OCH3 is 4. The Labute approximate surface area is 165 Å². The third-order valence-corrected chi connectivity index (χ3v) is 5.85. The molecule has 0 bridgehead atoms. The smallest absolute Gasteiger partial charge is 0.217 e. The van der Waals surface area contributed by atoms with E-state index < -0.39 is 0 Å². The molecule has 1 heterocycles. The van der Waals surface area contributed by atoms with Gasteiger partial charge in [0.2, 0.25) is 11.2 Å². The summed E-state index contributed by atoms with van der Waals surface area (Å²) in [4.78, 5) is 0. The number of benzene rings is 2. The molecule has 0 atom stereocenters. The molecule has 2 aromatic carbocycles. The van der Waals surface area contributed by atoms with Crippen molar-refractivity contribution in [3.8, 4) is 34.3 Å². The fourth-order valence-electron chi connectivity index (χ4n) is 4.37. The van der Waals surface area contributed by atoms with Crippen molar-refractivity contribution in [1.82, 2.24) is 0 Å². The standard InChI is InChI=1S/C23H26NO4/c1-13-15-8-7-14-9-19(25-3)21(27-5)11-17(14)23(15)24(2)18-12-22(28-6)20(26-4)10-16(13)18/h9-12H,7-8H2,1-6H3/q+1. The first kappa shape index (κ1) is 18.4. The van der Waals surface area contributed by atoms with Gasteiger partial charge in [0, 0.05) is 5.56 Å². The molecule has 5 nitrogen and oxygen atoms in total. The van der Waals surface area contributed by atoms with Crippen LogP contribution in [-0.2, 0) is 19.9 Å². The highest BCUT2D eigenvalue weighted by Gasteiger charge is 2.31. The number of rotatable bonds is 4. The lowest BCUT2D eigenvalue weighted by Gasteiger charge is -2.22. The fourth-order valence-corrected chi connectivity index (χ4v) is 4.37. The van der Waals surface area contributed by atoms with Crippen molar-refractivity contribution < 1.29 is 23.5 Å². The number of fused-ring (bicyclic) bond motifs is 4. The lowest BCUT2D eigenvalue weighted by Crippen LogP contribution is -2.35.